The molecule has 0 fully saturated rings. The van der Waals surface area contributed by atoms with E-state index in [0.717, 1.165) is 0 Å². The molecular formula is C10H9N3O2S. The van der Waals surface area contributed by atoms with Crippen LogP contribution in [0.2, 0.25) is 0 Å². The predicted octanol–water partition coefficient (Wildman–Crippen LogP) is 1.81. The van der Waals surface area contributed by atoms with Crippen LogP contribution in [0.1, 0.15) is 17.4 Å². The number of Topliss-reactive ketones (excluding diaryl/α,β-unsaturated/α-hetero) is 1. The number of carbonyl (C=O) groups is 1. The standard InChI is InChI=1S/C10H9N3O2S/c1-6(14)8-5-16-10(11-8)7-3-4-9(15-2)13-12-7/h3-5H,1-2H3. The summed E-state index contributed by atoms with van der Waals surface area (Å²) in [6.07, 6.45) is 0. The Hall–Kier alpha value is -1.82. The molecule has 0 N–H and O–H groups in total. The Morgan fingerprint density at radius 2 is 2.19 bits per heavy atom. The lowest BCUT2D eigenvalue weighted by Gasteiger charge is -1.97. The van der Waals surface area contributed by atoms with Crippen molar-refractivity contribution in [3.63, 3.8) is 0 Å². The van der Waals surface area contributed by atoms with E-state index in [4.69, 9.17) is 4.74 Å². The average molecular weight is 235 g/mol. The molecule has 2 rings (SSSR count). The smallest absolute Gasteiger partial charge is 0.233 e. The molecule has 16 heavy (non-hydrogen) atoms. The highest BCUT2D eigenvalue weighted by Crippen LogP contribution is 2.22. The van der Waals surface area contributed by atoms with Crippen LogP contribution < -0.4 is 4.74 Å². The molecule has 0 bridgehead atoms. The van der Waals surface area contributed by atoms with E-state index in [9.17, 15) is 4.79 Å². The Morgan fingerprint density at radius 3 is 2.69 bits per heavy atom. The van der Waals surface area contributed by atoms with Crippen molar-refractivity contribution in [1.29, 1.82) is 0 Å². The first-order chi connectivity index (χ1) is 7.70. The van der Waals surface area contributed by atoms with Crippen molar-refractivity contribution in [2.24, 2.45) is 0 Å². The molecule has 2 aromatic heterocycles. The quantitative estimate of drug-likeness (QED) is 0.759. The number of hydrogen-bond donors (Lipinski definition) is 0. The highest BCUT2D eigenvalue weighted by Gasteiger charge is 2.09. The van der Waals surface area contributed by atoms with Gasteiger partial charge in [-0.3, -0.25) is 4.79 Å². The third-order valence-corrected chi connectivity index (χ3v) is 2.80. The Labute approximate surface area is 96.1 Å². The minimum atomic E-state index is -0.0519. The van der Waals surface area contributed by atoms with Gasteiger partial charge in [-0.2, -0.15) is 0 Å². The number of rotatable bonds is 3. The van der Waals surface area contributed by atoms with E-state index in [1.54, 1.807) is 17.5 Å². The number of ether oxygens (including phenoxy) is 1. The topological polar surface area (TPSA) is 65.0 Å². The first-order valence-corrected chi connectivity index (χ1v) is 5.43. The minimum absolute atomic E-state index is 0.0519. The number of ketones is 1. The first kappa shape index (κ1) is 10.7. The maximum atomic E-state index is 11.1. The summed E-state index contributed by atoms with van der Waals surface area (Å²) in [7, 11) is 1.53. The largest absolute Gasteiger partial charge is 0.480 e. The molecular weight excluding hydrogens is 226 g/mol. The average Bonchev–Trinajstić information content (AvgIpc) is 2.78. The molecule has 0 aliphatic rings. The van der Waals surface area contributed by atoms with Gasteiger partial charge in [-0.05, 0) is 6.07 Å². The molecule has 0 aromatic carbocycles. The molecule has 0 spiro atoms. The number of methoxy groups -OCH3 is 1. The fourth-order valence-electron chi connectivity index (χ4n) is 1.10. The van der Waals surface area contributed by atoms with E-state index in [-0.39, 0.29) is 5.78 Å². The van der Waals surface area contributed by atoms with Crippen LogP contribution in [0.4, 0.5) is 0 Å². The highest BCUT2D eigenvalue weighted by molar-refractivity contribution is 7.13. The number of thiazole rings is 1. The lowest BCUT2D eigenvalue weighted by atomic mass is 10.3. The van der Waals surface area contributed by atoms with Gasteiger partial charge >= 0.3 is 0 Å². The minimum Gasteiger partial charge on any atom is -0.480 e. The fourth-order valence-corrected chi connectivity index (χ4v) is 1.92. The van der Waals surface area contributed by atoms with E-state index >= 15 is 0 Å². The van der Waals surface area contributed by atoms with Crippen LogP contribution in [0.3, 0.4) is 0 Å². The molecule has 0 saturated heterocycles. The predicted molar refractivity (Wildman–Crippen MR) is 59.7 cm³/mol. The molecule has 0 saturated carbocycles. The summed E-state index contributed by atoms with van der Waals surface area (Å²) < 4.78 is 4.90. The first-order valence-electron chi connectivity index (χ1n) is 4.55. The lowest BCUT2D eigenvalue weighted by molar-refractivity contribution is 0.101. The molecule has 0 atom stereocenters. The van der Waals surface area contributed by atoms with Gasteiger partial charge in [0.2, 0.25) is 5.88 Å². The second kappa shape index (κ2) is 4.36. The Bertz CT molecular complexity index is 507. The van der Waals surface area contributed by atoms with Crippen molar-refractivity contribution in [3.05, 3.63) is 23.2 Å². The molecule has 5 nitrogen and oxygen atoms in total. The van der Waals surface area contributed by atoms with Crippen molar-refractivity contribution in [1.82, 2.24) is 15.2 Å². The number of nitrogens with zero attached hydrogens (tertiary/aromatic N) is 3. The van der Waals surface area contributed by atoms with Crippen molar-refractivity contribution in [3.8, 4) is 16.6 Å². The van der Waals surface area contributed by atoms with E-state index in [1.807, 2.05) is 0 Å². The Kier molecular flexibility index (Phi) is 2.91. The summed E-state index contributed by atoms with van der Waals surface area (Å²) in [5.41, 5.74) is 1.09. The van der Waals surface area contributed by atoms with Crippen LogP contribution >= 0.6 is 11.3 Å². The summed E-state index contributed by atoms with van der Waals surface area (Å²) in [6, 6.07) is 3.46. The summed E-state index contributed by atoms with van der Waals surface area (Å²) >= 11 is 1.37. The van der Waals surface area contributed by atoms with Gasteiger partial charge in [-0.25, -0.2) is 4.98 Å². The number of aromatic nitrogens is 3. The van der Waals surface area contributed by atoms with Gasteiger partial charge in [0.25, 0.3) is 0 Å². The van der Waals surface area contributed by atoms with Gasteiger partial charge in [0, 0.05) is 18.4 Å². The zero-order valence-corrected chi connectivity index (χ0v) is 9.61. The molecule has 0 unspecified atom stereocenters. The number of hydrogen-bond acceptors (Lipinski definition) is 6. The normalized spacial score (nSPS) is 10.1. The molecule has 0 amide bonds. The highest BCUT2D eigenvalue weighted by atomic mass is 32.1. The van der Waals surface area contributed by atoms with Crippen LogP contribution in [0, 0.1) is 0 Å². The maximum absolute atomic E-state index is 11.1. The van der Waals surface area contributed by atoms with E-state index in [1.165, 1.54) is 25.4 Å². The van der Waals surface area contributed by atoms with Crippen molar-refractivity contribution >= 4 is 17.1 Å². The summed E-state index contributed by atoms with van der Waals surface area (Å²) in [6.45, 7) is 1.48. The summed E-state index contributed by atoms with van der Waals surface area (Å²) in [5.74, 6) is 0.399. The van der Waals surface area contributed by atoms with Gasteiger partial charge < -0.3 is 4.74 Å². The molecule has 6 heteroatoms. The van der Waals surface area contributed by atoms with Crippen molar-refractivity contribution in [2.75, 3.05) is 7.11 Å². The van der Waals surface area contributed by atoms with Crippen LogP contribution in [0.15, 0.2) is 17.5 Å². The monoisotopic (exact) mass is 235 g/mol. The summed E-state index contributed by atoms with van der Waals surface area (Å²) in [5, 5.41) is 10.2. The van der Waals surface area contributed by atoms with Crippen LogP contribution in [0.25, 0.3) is 10.7 Å². The molecule has 2 aromatic rings. The number of carbonyl (C=O) groups excluding carboxylic acids is 1. The Morgan fingerprint density at radius 1 is 1.38 bits per heavy atom. The fraction of sp³-hybridized carbons (Fsp3) is 0.200. The van der Waals surface area contributed by atoms with Gasteiger partial charge in [-0.1, -0.05) is 0 Å². The zero-order chi connectivity index (χ0) is 11.5. The molecule has 0 aliphatic heterocycles. The van der Waals surface area contributed by atoms with E-state index in [0.29, 0.717) is 22.3 Å². The van der Waals surface area contributed by atoms with Gasteiger partial charge in [0.05, 0.1) is 7.11 Å². The maximum Gasteiger partial charge on any atom is 0.233 e. The van der Waals surface area contributed by atoms with E-state index < -0.39 is 0 Å². The van der Waals surface area contributed by atoms with Gasteiger partial charge in [-0.15, -0.1) is 21.5 Å². The third kappa shape index (κ3) is 2.06. The van der Waals surface area contributed by atoms with Crippen LogP contribution in [-0.4, -0.2) is 28.1 Å². The van der Waals surface area contributed by atoms with Crippen LogP contribution in [-0.2, 0) is 0 Å². The van der Waals surface area contributed by atoms with Crippen molar-refractivity contribution in [2.45, 2.75) is 6.92 Å². The third-order valence-electron chi connectivity index (χ3n) is 1.93. The van der Waals surface area contributed by atoms with Crippen molar-refractivity contribution < 1.29 is 9.53 Å². The van der Waals surface area contributed by atoms with E-state index in [2.05, 4.69) is 15.2 Å². The molecule has 0 radical (unpaired) electrons. The molecule has 0 aliphatic carbocycles. The zero-order valence-electron chi connectivity index (χ0n) is 8.80. The SMILES string of the molecule is COc1ccc(-c2nc(C(C)=O)cs2)nn1. The second-order valence-corrected chi connectivity index (χ2v) is 3.91. The van der Waals surface area contributed by atoms with Crippen LogP contribution in [0.5, 0.6) is 5.88 Å². The lowest BCUT2D eigenvalue weighted by Crippen LogP contribution is -1.94. The summed E-state index contributed by atoms with van der Waals surface area (Å²) in [4.78, 5) is 15.2. The molecule has 2 heterocycles. The van der Waals surface area contributed by atoms with Gasteiger partial charge in [0.15, 0.2) is 5.78 Å². The van der Waals surface area contributed by atoms with Gasteiger partial charge in [0.1, 0.15) is 16.4 Å². The molecule has 82 valence electrons. The Balaban J connectivity index is 2.31. The second-order valence-electron chi connectivity index (χ2n) is 3.06.